The van der Waals surface area contributed by atoms with Crippen molar-refractivity contribution in [1.82, 2.24) is 5.32 Å². The molecule has 1 atom stereocenters. The third-order valence-electron chi connectivity index (χ3n) is 2.91. The van der Waals surface area contributed by atoms with Crippen LogP contribution in [0.15, 0.2) is 24.3 Å². The van der Waals surface area contributed by atoms with Gasteiger partial charge in [0.2, 0.25) is 0 Å². The van der Waals surface area contributed by atoms with Crippen LogP contribution in [0.25, 0.3) is 0 Å². The largest absolute Gasteiger partial charge is 0.307 e. The monoisotopic (exact) mass is 219 g/mol. The maximum atomic E-state index is 11.7. The van der Waals surface area contributed by atoms with Crippen molar-refractivity contribution in [3.63, 3.8) is 0 Å². The SMILES string of the molecule is CCC(C)NCC(=O)Cc1ccccc1C. The number of rotatable bonds is 6. The quantitative estimate of drug-likeness (QED) is 0.796. The third-order valence-corrected chi connectivity index (χ3v) is 2.91. The summed E-state index contributed by atoms with van der Waals surface area (Å²) in [5, 5.41) is 3.22. The number of aryl methyl sites for hydroxylation is 1. The molecule has 0 spiro atoms. The van der Waals surface area contributed by atoms with Crippen molar-refractivity contribution in [1.29, 1.82) is 0 Å². The first kappa shape index (κ1) is 12.9. The lowest BCUT2D eigenvalue weighted by atomic mass is 10.0. The van der Waals surface area contributed by atoms with Crippen molar-refractivity contribution < 1.29 is 4.79 Å². The van der Waals surface area contributed by atoms with Crippen molar-refractivity contribution >= 4 is 5.78 Å². The first-order valence-electron chi connectivity index (χ1n) is 5.93. The maximum absolute atomic E-state index is 11.7. The van der Waals surface area contributed by atoms with Gasteiger partial charge in [-0.3, -0.25) is 4.79 Å². The summed E-state index contributed by atoms with van der Waals surface area (Å²) < 4.78 is 0. The highest BCUT2D eigenvalue weighted by Crippen LogP contribution is 2.07. The highest BCUT2D eigenvalue weighted by Gasteiger charge is 2.06. The smallest absolute Gasteiger partial charge is 0.150 e. The summed E-state index contributed by atoms with van der Waals surface area (Å²) in [5.41, 5.74) is 2.33. The normalized spacial score (nSPS) is 12.4. The summed E-state index contributed by atoms with van der Waals surface area (Å²) in [7, 11) is 0. The van der Waals surface area contributed by atoms with Gasteiger partial charge in [-0.05, 0) is 31.4 Å². The van der Waals surface area contributed by atoms with Gasteiger partial charge >= 0.3 is 0 Å². The van der Waals surface area contributed by atoms with Crippen LogP contribution in [0.2, 0.25) is 0 Å². The molecule has 0 aromatic heterocycles. The number of carbonyl (C=O) groups is 1. The summed E-state index contributed by atoms with van der Waals surface area (Å²) in [5.74, 6) is 0.259. The predicted molar refractivity (Wildman–Crippen MR) is 67.6 cm³/mol. The standard InChI is InChI=1S/C14H21NO/c1-4-12(3)15-10-14(16)9-13-8-6-5-7-11(13)2/h5-8,12,15H,4,9-10H2,1-3H3. The van der Waals surface area contributed by atoms with E-state index in [1.54, 1.807) is 0 Å². The summed E-state index contributed by atoms with van der Waals surface area (Å²) >= 11 is 0. The Morgan fingerprint density at radius 2 is 2.06 bits per heavy atom. The van der Waals surface area contributed by atoms with Crippen LogP contribution in [0.3, 0.4) is 0 Å². The number of nitrogens with one attached hydrogen (secondary N) is 1. The minimum atomic E-state index is 0.259. The molecule has 0 aliphatic rings. The molecule has 1 N–H and O–H groups in total. The Kier molecular flexibility index (Phi) is 5.20. The van der Waals surface area contributed by atoms with Crippen LogP contribution in [0.5, 0.6) is 0 Å². The average molecular weight is 219 g/mol. The third kappa shape index (κ3) is 4.15. The molecule has 0 aliphatic heterocycles. The van der Waals surface area contributed by atoms with E-state index in [1.165, 1.54) is 5.56 Å². The predicted octanol–water partition coefficient (Wildman–Crippen LogP) is 2.49. The van der Waals surface area contributed by atoms with Gasteiger partial charge in [-0.25, -0.2) is 0 Å². The fourth-order valence-corrected chi connectivity index (χ4v) is 1.52. The topological polar surface area (TPSA) is 29.1 Å². The molecule has 0 radical (unpaired) electrons. The van der Waals surface area contributed by atoms with Crippen LogP contribution in [-0.4, -0.2) is 18.4 Å². The van der Waals surface area contributed by atoms with E-state index in [-0.39, 0.29) is 5.78 Å². The summed E-state index contributed by atoms with van der Waals surface area (Å²) in [6, 6.07) is 8.47. The van der Waals surface area contributed by atoms with E-state index < -0.39 is 0 Å². The Labute approximate surface area is 98.1 Å². The molecule has 0 saturated heterocycles. The number of Topliss-reactive ketones (excluding diaryl/α,β-unsaturated/α-hetero) is 1. The summed E-state index contributed by atoms with van der Waals surface area (Å²) in [6.45, 7) is 6.73. The second-order valence-corrected chi connectivity index (χ2v) is 4.33. The number of benzene rings is 1. The van der Waals surface area contributed by atoms with Crippen LogP contribution in [0, 0.1) is 6.92 Å². The molecule has 0 aliphatic carbocycles. The number of hydrogen-bond donors (Lipinski definition) is 1. The minimum Gasteiger partial charge on any atom is -0.307 e. The highest BCUT2D eigenvalue weighted by molar-refractivity contribution is 5.83. The second kappa shape index (κ2) is 6.44. The van der Waals surface area contributed by atoms with E-state index >= 15 is 0 Å². The zero-order chi connectivity index (χ0) is 12.0. The molecule has 2 heteroatoms. The van der Waals surface area contributed by atoms with Crippen molar-refractivity contribution in [2.45, 2.75) is 39.7 Å². The number of ketones is 1. The molecule has 0 bridgehead atoms. The summed E-state index contributed by atoms with van der Waals surface area (Å²) in [6.07, 6.45) is 1.59. The Bertz CT molecular complexity index is 346. The van der Waals surface area contributed by atoms with E-state index in [2.05, 4.69) is 19.2 Å². The van der Waals surface area contributed by atoms with Crippen molar-refractivity contribution in [3.05, 3.63) is 35.4 Å². The van der Waals surface area contributed by atoms with Gasteiger partial charge in [-0.2, -0.15) is 0 Å². The molecule has 0 saturated carbocycles. The van der Waals surface area contributed by atoms with Gasteiger partial charge in [0.05, 0.1) is 6.54 Å². The van der Waals surface area contributed by atoms with Gasteiger partial charge in [0.25, 0.3) is 0 Å². The maximum Gasteiger partial charge on any atom is 0.150 e. The lowest BCUT2D eigenvalue weighted by molar-refractivity contribution is -0.117. The molecule has 0 fully saturated rings. The molecule has 1 rings (SSSR count). The summed E-state index contributed by atoms with van der Waals surface area (Å²) in [4.78, 5) is 11.7. The molecule has 0 heterocycles. The Morgan fingerprint density at radius 1 is 1.38 bits per heavy atom. The fraction of sp³-hybridized carbons (Fsp3) is 0.500. The number of carbonyl (C=O) groups excluding carboxylic acids is 1. The first-order chi connectivity index (χ1) is 7.63. The zero-order valence-corrected chi connectivity index (χ0v) is 10.4. The van der Waals surface area contributed by atoms with Crippen LogP contribution in [0.4, 0.5) is 0 Å². The molecule has 16 heavy (non-hydrogen) atoms. The van der Waals surface area contributed by atoms with Crippen molar-refractivity contribution in [2.75, 3.05) is 6.54 Å². The van der Waals surface area contributed by atoms with E-state index in [0.29, 0.717) is 19.0 Å². The van der Waals surface area contributed by atoms with Gasteiger partial charge in [-0.1, -0.05) is 31.2 Å². The molecule has 1 aromatic rings. The molecular formula is C14H21NO. The van der Waals surface area contributed by atoms with Crippen LogP contribution >= 0.6 is 0 Å². The second-order valence-electron chi connectivity index (χ2n) is 4.33. The molecule has 1 unspecified atom stereocenters. The van der Waals surface area contributed by atoms with Crippen LogP contribution < -0.4 is 5.32 Å². The minimum absolute atomic E-state index is 0.259. The van der Waals surface area contributed by atoms with E-state index in [9.17, 15) is 4.79 Å². The molecule has 2 nitrogen and oxygen atoms in total. The lowest BCUT2D eigenvalue weighted by Gasteiger charge is -2.10. The molecule has 1 aromatic carbocycles. The Hall–Kier alpha value is -1.15. The Balaban J connectivity index is 2.43. The highest BCUT2D eigenvalue weighted by atomic mass is 16.1. The van der Waals surface area contributed by atoms with Gasteiger partial charge in [0.1, 0.15) is 0 Å². The van der Waals surface area contributed by atoms with E-state index in [4.69, 9.17) is 0 Å². The molecule has 0 amide bonds. The van der Waals surface area contributed by atoms with Crippen molar-refractivity contribution in [3.8, 4) is 0 Å². The van der Waals surface area contributed by atoms with Gasteiger partial charge < -0.3 is 5.32 Å². The van der Waals surface area contributed by atoms with Crippen LogP contribution in [0.1, 0.15) is 31.4 Å². The van der Waals surface area contributed by atoms with Gasteiger partial charge in [0.15, 0.2) is 5.78 Å². The van der Waals surface area contributed by atoms with Crippen LogP contribution in [-0.2, 0) is 11.2 Å². The van der Waals surface area contributed by atoms with Crippen molar-refractivity contribution in [2.24, 2.45) is 0 Å². The Morgan fingerprint density at radius 3 is 2.69 bits per heavy atom. The molecule has 88 valence electrons. The lowest BCUT2D eigenvalue weighted by Crippen LogP contribution is -2.31. The van der Waals surface area contributed by atoms with E-state index in [1.807, 2.05) is 31.2 Å². The van der Waals surface area contributed by atoms with Gasteiger partial charge in [-0.15, -0.1) is 0 Å². The fourth-order valence-electron chi connectivity index (χ4n) is 1.52. The average Bonchev–Trinajstić information content (AvgIpc) is 2.29. The first-order valence-corrected chi connectivity index (χ1v) is 5.93. The molecular weight excluding hydrogens is 198 g/mol. The van der Waals surface area contributed by atoms with Gasteiger partial charge in [0, 0.05) is 12.5 Å². The zero-order valence-electron chi connectivity index (χ0n) is 10.4. The number of hydrogen-bond acceptors (Lipinski definition) is 2. The van der Waals surface area contributed by atoms with E-state index in [0.717, 1.165) is 12.0 Å².